The first-order valence-electron chi connectivity index (χ1n) is 11.6. The molecule has 0 saturated heterocycles. The number of ether oxygens (including phenoxy) is 4. The van der Waals surface area contributed by atoms with Gasteiger partial charge in [0.1, 0.15) is 11.8 Å². The van der Waals surface area contributed by atoms with E-state index < -0.39 is 12.0 Å². The van der Waals surface area contributed by atoms with E-state index in [1.165, 1.54) is 14.2 Å². The Balaban J connectivity index is 2.02. The van der Waals surface area contributed by atoms with E-state index in [4.69, 9.17) is 24.2 Å². The second kappa shape index (κ2) is 13.4. The summed E-state index contributed by atoms with van der Waals surface area (Å²) < 4.78 is 21.7. The highest BCUT2D eigenvalue weighted by molar-refractivity contribution is 5.87. The Hall–Kier alpha value is -4.71. The molecule has 1 atom stereocenters. The smallest absolute Gasteiger partial charge is 0.344 e. The molecule has 0 aliphatic carbocycles. The van der Waals surface area contributed by atoms with Gasteiger partial charge >= 0.3 is 5.97 Å². The van der Waals surface area contributed by atoms with Gasteiger partial charge in [-0.25, -0.2) is 4.79 Å². The van der Waals surface area contributed by atoms with Crippen molar-refractivity contribution in [3.8, 4) is 23.3 Å². The van der Waals surface area contributed by atoms with Gasteiger partial charge in [-0.15, -0.1) is 0 Å². The summed E-state index contributed by atoms with van der Waals surface area (Å²) in [4.78, 5) is 25.6. The molecule has 0 heterocycles. The number of methoxy groups -OCH3 is 2. The van der Waals surface area contributed by atoms with Crippen LogP contribution in [0.4, 0.5) is 5.69 Å². The topological polar surface area (TPSA) is 119 Å². The van der Waals surface area contributed by atoms with Crippen LogP contribution in [0.3, 0.4) is 0 Å². The van der Waals surface area contributed by atoms with Gasteiger partial charge in [-0.2, -0.15) is 5.26 Å². The van der Waals surface area contributed by atoms with Crippen LogP contribution in [0.1, 0.15) is 29.7 Å². The van der Waals surface area contributed by atoms with Crippen molar-refractivity contribution in [2.75, 3.05) is 32.8 Å². The van der Waals surface area contributed by atoms with Gasteiger partial charge in [0, 0.05) is 23.9 Å². The van der Waals surface area contributed by atoms with E-state index in [9.17, 15) is 9.59 Å². The molecule has 3 aromatic rings. The number of amides is 1. The molecule has 9 heteroatoms. The van der Waals surface area contributed by atoms with E-state index in [0.717, 1.165) is 5.56 Å². The molecule has 3 rings (SSSR count). The molecule has 0 spiro atoms. The molecule has 0 saturated carbocycles. The van der Waals surface area contributed by atoms with E-state index in [-0.39, 0.29) is 30.6 Å². The molecule has 0 aliphatic rings. The van der Waals surface area contributed by atoms with Gasteiger partial charge in [-0.05, 0) is 42.8 Å². The van der Waals surface area contributed by atoms with Gasteiger partial charge in [0.2, 0.25) is 5.91 Å². The van der Waals surface area contributed by atoms with Crippen molar-refractivity contribution >= 4 is 17.6 Å². The number of carbonyl (C=O) groups excluding carboxylic acids is 2. The quantitative estimate of drug-likeness (QED) is 0.356. The zero-order valence-electron chi connectivity index (χ0n) is 20.9. The summed E-state index contributed by atoms with van der Waals surface area (Å²) in [6.07, 6.45) is 0. The van der Waals surface area contributed by atoms with Crippen LogP contribution in [0.2, 0.25) is 0 Å². The van der Waals surface area contributed by atoms with Crippen LogP contribution < -0.4 is 24.8 Å². The molecule has 37 heavy (non-hydrogen) atoms. The van der Waals surface area contributed by atoms with Gasteiger partial charge in [0.25, 0.3) is 0 Å². The second-order valence-corrected chi connectivity index (χ2v) is 7.81. The zero-order valence-corrected chi connectivity index (χ0v) is 20.9. The van der Waals surface area contributed by atoms with Crippen LogP contribution in [0.25, 0.3) is 0 Å². The predicted molar refractivity (Wildman–Crippen MR) is 137 cm³/mol. The molecule has 1 amide bonds. The molecule has 3 aromatic carbocycles. The summed E-state index contributed by atoms with van der Waals surface area (Å²) in [6, 6.07) is 20.5. The molecule has 9 nitrogen and oxygen atoms in total. The number of carbonyl (C=O) groups is 2. The maximum atomic E-state index is 13.6. The van der Waals surface area contributed by atoms with Gasteiger partial charge in [0.05, 0.1) is 32.5 Å². The van der Waals surface area contributed by atoms with Crippen LogP contribution in [0.15, 0.2) is 66.7 Å². The van der Waals surface area contributed by atoms with Crippen molar-refractivity contribution in [1.29, 1.82) is 5.26 Å². The van der Waals surface area contributed by atoms with Crippen LogP contribution in [0.5, 0.6) is 17.2 Å². The standard InChI is InChI=1S/C28H29N3O6/c1-4-36-25(32)18-37-27-23(14-22(34-2)15-24(27)35-3)26(31-21-12-10-19(16-29)11-13-21)28(33)30-17-20-8-6-5-7-9-20/h5-15,26,31H,4,17-18H2,1-3H3,(H,30,33). The fourth-order valence-corrected chi connectivity index (χ4v) is 3.55. The lowest BCUT2D eigenvalue weighted by Crippen LogP contribution is -2.33. The number of hydrogen-bond acceptors (Lipinski definition) is 8. The Kier molecular flexibility index (Phi) is 9.74. The third-order valence-electron chi connectivity index (χ3n) is 5.36. The number of nitriles is 1. The lowest BCUT2D eigenvalue weighted by atomic mass is 10.0. The number of benzene rings is 3. The summed E-state index contributed by atoms with van der Waals surface area (Å²) in [6.45, 7) is 1.83. The Labute approximate surface area is 215 Å². The first kappa shape index (κ1) is 26.9. The third-order valence-corrected chi connectivity index (χ3v) is 5.36. The summed E-state index contributed by atoms with van der Waals surface area (Å²) in [5.41, 5.74) is 2.39. The molecule has 192 valence electrons. The van der Waals surface area contributed by atoms with Crippen molar-refractivity contribution in [3.63, 3.8) is 0 Å². The number of anilines is 1. The highest BCUT2D eigenvalue weighted by atomic mass is 16.6. The molecule has 1 unspecified atom stereocenters. The van der Waals surface area contributed by atoms with Gasteiger partial charge in [-0.3, -0.25) is 4.79 Å². The Morgan fingerprint density at radius 1 is 1.00 bits per heavy atom. The largest absolute Gasteiger partial charge is 0.497 e. The van der Waals surface area contributed by atoms with Crippen molar-refractivity contribution < 1.29 is 28.5 Å². The monoisotopic (exact) mass is 503 g/mol. The van der Waals surface area contributed by atoms with E-state index in [0.29, 0.717) is 29.1 Å². The Morgan fingerprint density at radius 3 is 2.35 bits per heavy atom. The Bertz CT molecular complexity index is 1240. The molecule has 0 fully saturated rings. The number of nitrogens with zero attached hydrogens (tertiary/aromatic N) is 1. The van der Waals surface area contributed by atoms with E-state index in [1.54, 1.807) is 43.3 Å². The van der Waals surface area contributed by atoms with Crippen LogP contribution in [-0.2, 0) is 20.9 Å². The van der Waals surface area contributed by atoms with Crippen LogP contribution in [-0.4, -0.2) is 39.3 Å². The summed E-state index contributed by atoms with van der Waals surface area (Å²) in [5, 5.41) is 15.3. The van der Waals surface area contributed by atoms with Crippen molar-refractivity contribution in [2.24, 2.45) is 0 Å². The highest BCUT2D eigenvalue weighted by Gasteiger charge is 2.28. The van der Waals surface area contributed by atoms with E-state index >= 15 is 0 Å². The molecule has 2 N–H and O–H groups in total. The average molecular weight is 504 g/mol. The van der Waals surface area contributed by atoms with Crippen molar-refractivity contribution in [2.45, 2.75) is 19.5 Å². The minimum atomic E-state index is -0.974. The summed E-state index contributed by atoms with van der Waals surface area (Å²) in [7, 11) is 2.95. The first-order chi connectivity index (χ1) is 18.0. The number of esters is 1. The van der Waals surface area contributed by atoms with Gasteiger partial charge < -0.3 is 29.6 Å². The molecule has 0 radical (unpaired) electrons. The van der Waals surface area contributed by atoms with Gasteiger partial charge in [-0.1, -0.05) is 30.3 Å². The average Bonchev–Trinajstić information content (AvgIpc) is 2.94. The minimum Gasteiger partial charge on any atom is -0.497 e. The van der Waals surface area contributed by atoms with Crippen molar-refractivity contribution in [3.05, 3.63) is 83.4 Å². The maximum Gasteiger partial charge on any atom is 0.344 e. The minimum absolute atomic E-state index is 0.192. The molecular formula is C28H29N3O6. The number of rotatable bonds is 12. The lowest BCUT2D eigenvalue weighted by molar-refractivity contribution is -0.145. The molecule has 0 aromatic heterocycles. The highest BCUT2D eigenvalue weighted by Crippen LogP contribution is 2.40. The van der Waals surface area contributed by atoms with Crippen molar-refractivity contribution in [1.82, 2.24) is 5.32 Å². The maximum absolute atomic E-state index is 13.6. The van der Waals surface area contributed by atoms with E-state index in [2.05, 4.69) is 16.7 Å². The van der Waals surface area contributed by atoms with E-state index in [1.807, 2.05) is 30.3 Å². The predicted octanol–water partition coefficient (Wildman–Crippen LogP) is 3.99. The van der Waals surface area contributed by atoms with Gasteiger partial charge in [0.15, 0.2) is 18.1 Å². The number of hydrogen-bond donors (Lipinski definition) is 2. The van der Waals surface area contributed by atoms with Crippen LogP contribution in [0, 0.1) is 11.3 Å². The summed E-state index contributed by atoms with van der Waals surface area (Å²) >= 11 is 0. The first-order valence-corrected chi connectivity index (χ1v) is 11.6. The Morgan fingerprint density at radius 2 is 1.73 bits per heavy atom. The third kappa shape index (κ3) is 7.39. The normalized spacial score (nSPS) is 11.0. The molecule has 0 aliphatic heterocycles. The van der Waals surface area contributed by atoms with Crippen LogP contribution >= 0.6 is 0 Å². The SMILES string of the molecule is CCOC(=O)COc1c(OC)cc(OC)cc1C(Nc1ccc(C#N)cc1)C(=O)NCc1ccccc1. The fraction of sp³-hybridized carbons (Fsp3) is 0.250. The zero-order chi connectivity index (χ0) is 26.6. The lowest BCUT2D eigenvalue weighted by Gasteiger charge is -2.24. The second-order valence-electron chi connectivity index (χ2n) is 7.81. The molecular weight excluding hydrogens is 474 g/mol. The fourth-order valence-electron chi connectivity index (χ4n) is 3.55. The summed E-state index contributed by atoms with van der Waals surface area (Å²) in [5.74, 6) is -0.0164. The number of nitrogens with one attached hydrogen (secondary N) is 2. The molecule has 0 bridgehead atoms.